The minimum absolute atomic E-state index is 0.134. The first-order valence-corrected chi connectivity index (χ1v) is 10.6. The summed E-state index contributed by atoms with van der Waals surface area (Å²) in [7, 11) is 0. The van der Waals surface area contributed by atoms with Crippen LogP contribution in [-0.2, 0) is 5.41 Å². The lowest BCUT2D eigenvalue weighted by Crippen LogP contribution is -2.38. The van der Waals surface area contributed by atoms with E-state index in [2.05, 4.69) is 34.2 Å². The Hall–Kier alpha value is -3.55. The topological polar surface area (TPSA) is 69.4 Å². The summed E-state index contributed by atoms with van der Waals surface area (Å²) >= 11 is 0. The van der Waals surface area contributed by atoms with E-state index in [0.29, 0.717) is 0 Å². The highest BCUT2D eigenvalue weighted by Gasteiger charge is 2.65. The van der Waals surface area contributed by atoms with E-state index < -0.39 is 17.0 Å². The van der Waals surface area contributed by atoms with Crippen LogP contribution in [0.2, 0.25) is 0 Å². The molecule has 0 aliphatic heterocycles. The van der Waals surface area contributed by atoms with Crippen molar-refractivity contribution in [3.8, 4) is 17.1 Å². The van der Waals surface area contributed by atoms with Gasteiger partial charge in [-0.2, -0.15) is 5.10 Å². The van der Waals surface area contributed by atoms with E-state index in [9.17, 15) is 8.78 Å². The number of aromatic nitrogens is 6. The van der Waals surface area contributed by atoms with Gasteiger partial charge in [0.1, 0.15) is 30.1 Å². The highest BCUT2D eigenvalue weighted by molar-refractivity contribution is 5.64. The maximum Gasteiger partial charge on any atom is 0.139 e. The Balaban J connectivity index is 1.54. The molecule has 0 amide bonds. The van der Waals surface area contributed by atoms with E-state index in [1.54, 1.807) is 17.2 Å². The van der Waals surface area contributed by atoms with Crippen LogP contribution in [0.25, 0.3) is 17.1 Å². The largest absolute Gasteiger partial charge is 0.272 e. The number of hydrogen-bond acceptors (Lipinski definition) is 5. The van der Waals surface area contributed by atoms with Gasteiger partial charge in [-0.3, -0.25) is 4.57 Å². The van der Waals surface area contributed by atoms with E-state index >= 15 is 0 Å². The molecule has 0 saturated heterocycles. The molecule has 1 aromatic carbocycles. The minimum atomic E-state index is -0.639. The third-order valence-corrected chi connectivity index (χ3v) is 7.46. The molecule has 2 atom stereocenters. The van der Waals surface area contributed by atoms with Crippen molar-refractivity contribution in [3.05, 3.63) is 83.7 Å². The second kappa shape index (κ2) is 6.48. The van der Waals surface area contributed by atoms with Crippen molar-refractivity contribution in [3.63, 3.8) is 0 Å². The zero-order chi connectivity index (χ0) is 22.1. The van der Waals surface area contributed by atoms with Gasteiger partial charge in [0.25, 0.3) is 0 Å². The SMILES string of the molecule is CC1(C)[C@H]2CC[C@@]1(c1cccc(-n3cnnc3)n1)c1nnc(-c3c(F)cccc3F)cc12. The Bertz CT molecular complexity index is 1330. The monoisotopic (exact) mass is 430 g/mol. The number of benzene rings is 1. The summed E-state index contributed by atoms with van der Waals surface area (Å²) in [6.45, 7) is 4.45. The summed E-state index contributed by atoms with van der Waals surface area (Å²) in [6, 6.07) is 11.6. The van der Waals surface area contributed by atoms with Crippen LogP contribution in [0.1, 0.15) is 49.6 Å². The Morgan fingerprint density at radius 1 is 0.969 bits per heavy atom. The first-order valence-electron chi connectivity index (χ1n) is 10.6. The van der Waals surface area contributed by atoms with Crippen molar-refractivity contribution in [2.45, 2.75) is 38.0 Å². The molecule has 2 aliphatic rings. The third-order valence-electron chi connectivity index (χ3n) is 7.46. The van der Waals surface area contributed by atoms with E-state index in [-0.39, 0.29) is 22.6 Å². The van der Waals surface area contributed by atoms with Gasteiger partial charge in [0.05, 0.1) is 28.1 Å². The van der Waals surface area contributed by atoms with E-state index in [1.165, 1.54) is 18.2 Å². The van der Waals surface area contributed by atoms with E-state index in [1.807, 2.05) is 24.3 Å². The second-order valence-electron chi connectivity index (χ2n) is 9.10. The summed E-state index contributed by atoms with van der Waals surface area (Å²) in [5.41, 5.74) is 2.24. The second-order valence-corrected chi connectivity index (χ2v) is 9.10. The molecule has 3 heterocycles. The maximum absolute atomic E-state index is 14.4. The highest BCUT2D eigenvalue weighted by atomic mass is 19.1. The van der Waals surface area contributed by atoms with Crippen LogP contribution in [0.15, 0.2) is 55.1 Å². The van der Waals surface area contributed by atoms with E-state index in [0.717, 1.165) is 35.6 Å². The van der Waals surface area contributed by atoms with Crippen LogP contribution >= 0.6 is 0 Å². The normalized spacial score (nSPS) is 22.8. The third kappa shape index (κ3) is 2.35. The number of fused-ring (bicyclic) bond motifs is 5. The average molecular weight is 430 g/mol. The van der Waals surface area contributed by atoms with Crippen LogP contribution in [0, 0.1) is 17.0 Å². The molecule has 2 bridgehead atoms. The van der Waals surface area contributed by atoms with Crippen molar-refractivity contribution in [2.24, 2.45) is 5.41 Å². The quantitative estimate of drug-likeness (QED) is 0.475. The average Bonchev–Trinajstić information content (AvgIpc) is 3.45. The number of rotatable bonds is 3. The summed E-state index contributed by atoms with van der Waals surface area (Å²) in [5.74, 6) is -0.353. The molecule has 1 saturated carbocycles. The van der Waals surface area contributed by atoms with Gasteiger partial charge in [0, 0.05) is 0 Å². The molecule has 4 aromatic rings. The molecule has 1 fully saturated rings. The molecule has 0 radical (unpaired) electrons. The molecule has 0 spiro atoms. The highest BCUT2D eigenvalue weighted by Crippen LogP contribution is 2.69. The van der Waals surface area contributed by atoms with Crippen LogP contribution in [0.3, 0.4) is 0 Å². The van der Waals surface area contributed by atoms with Gasteiger partial charge in [-0.05, 0) is 60.1 Å². The molecule has 6 nitrogen and oxygen atoms in total. The fourth-order valence-electron chi connectivity index (χ4n) is 5.88. The van der Waals surface area contributed by atoms with Crippen molar-refractivity contribution >= 4 is 0 Å². The minimum Gasteiger partial charge on any atom is -0.272 e. The molecular weight excluding hydrogens is 410 g/mol. The van der Waals surface area contributed by atoms with Crippen molar-refractivity contribution in [1.29, 1.82) is 0 Å². The number of hydrogen-bond donors (Lipinski definition) is 0. The molecule has 8 heteroatoms. The molecular formula is C24H20F2N6. The summed E-state index contributed by atoms with van der Waals surface area (Å²) in [5, 5.41) is 16.6. The first-order chi connectivity index (χ1) is 15.4. The van der Waals surface area contributed by atoms with Gasteiger partial charge in [-0.25, -0.2) is 13.8 Å². The fraction of sp³-hybridized carbons (Fsp3) is 0.292. The molecule has 0 unspecified atom stereocenters. The summed E-state index contributed by atoms with van der Waals surface area (Å²) in [4.78, 5) is 4.97. The van der Waals surface area contributed by atoms with Crippen LogP contribution < -0.4 is 0 Å². The Labute approximate surface area is 183 Å². The lowest BCUT2D eigenvalue weighted by molar-refractivity contribution is 0.243. The van der Waals surface area contributed by atoms with Gasteiger partial charge in [0.2, 0.25) is 0 Å². The van der Waals surface area contributed by atoms with E-state index in [4.69, 9.17) is 4.98 Å². The molecule has 2 aliphatic carbocycles. The van der Waals surface area contributed by atoms with Gasteiger partial charge < -0.3 is 0 Å². The van der Waals surface area contributed by atoms with Crippen molar-refractivity contribution in [1.82, 2.24) is 29.9 Å². The standard InChI is InChI=1S/C24H20F2N6/c1-23(2)15-9-10-24(23,19-7-4-8-20(29-19)32-12-27-28-13-32)22-14(15)11-18(30-31-22)21-16(25)5-3-6-17(21)26/h3-8,11-13,15H,9-10H2,1-2H3/t15-,24+/m0/s1. The zero-order valence-corrected chi connectivity index (χ0v) is 17.6. The van der Waals surface area contributed by atoms with Gasteiger partial charge in [-0.1, -0.05) is 26.0 Å². The predicted molar refractivity (Wildman–Crippen MR) is 113 cm³/mol. The summed E-state index contributed by atoms with van der Waals surface area (Å²) in [6.07, 6.45) is 5.07. The van der Waals surface area contributed by atoms with Crippen LogP contribution in [0.4, 0.5) is 8.78 Å². The fourth-order valence-corrected chi connectivity index (χ4v) is 5.88. The first kappa shape index (κ1) is 19.2. The van der Waals surface area contributed by atoms with Gasteiger partial charge in [-0.15, -0.1) is 15.3 Å². The molecule has 160 valence electrons. The van der Waals surface area contributed by atoms with Crippen LogP contribution in [0.5, 0.6) is 0 Å². The molecule has 3 aromatic heterocycles. The maximum atomic E-state index is 14.4. The molecule has 0 N–H and O–H groups in total. The lowest BCUT2D eigenvalue weighted by atomic mass is 9.66. The van der Waals surface area contributed by atoms with Gasteiger partial charge >= 0.3 is 0 Å². The number of pyridine rings is 1. The van der Waals surface area contributed by atoms with Crippen molar-refractivity contribution in [2.75, 3.05) is 0 Å². The predicted octanol–water partition coefficient (Wildman–Crippen LogP) is 4.60. The summed E-state index contributed by atoms with van der Waals surface area (Å²) < 4.78 is 30.6. The van der Waals surface area contributed by atoms with Crippen LogP contribution in [-0.4, -0.2) is 29.9 Å². The lowest BCUT2D eigenvalue weighted by Gasteiger charge is -2.37. The Morgan fingerprint density at radius 3 is 2.44 bits per heavy atom. The number of nitrogens with zero attached hydrogens (tertiary/aromatic N) is 6. The smallest absolute Gasteiger partial charge is 0.139 e. The molecule has 6 rings (SSSR count). The number of halogens is 2. The Morgan fingerprint density at radius 2 is 1.69 bits per heavy atom. The Kier molecular flexibility index (Phi) is 3.88. The van der Waals surface area contributed by atoms with Crippen molar-refractivity contribution < 1.29 is 8.78 Å². The zero-order valence-electron chi connectivity index (χ0n) is 17.6. The molecule has 32 heavy (non-hydrogen) atoms. The van der Waals surface area contributed by atoms with Gasteiger partial charge in [0.15, 0.2) is 0 Å².